The summed E-state index contributed by atoms with van der Waals surface area (Å²) in [5.74, 6) is 0.0309. The van der Waals surface area contributed by atoms with Crippen molar-refractivity contribution in [3.8, 4) is 0 Å². The van der Waals surface area contributed by atoms with E-state index in [1.807, 2.05) is 7.05 Å². The van der Waals surface area contributed by atoms with E-state index in [4.69, 9.17) is 5.73 Å². The Morgan fingerprint density at radius 3 is 2.29 bits per heavy atom. The molecule has 0 saturated heterocycles. The summed E-state index contributed by atoms with van der Waals surface area (Å²) in [5.41, 5.74) is 8.55. The van der Waals surface area contributed by atoms with E-state index in [1.165, 1.54) is 5.56 Å². The molecule has 2 N–H and O–H groups in total. The topological polar surface area (TPSA) is 46.3 Å². The van der Waals surface area contributed by atoms with Crippen LogP contribution in [0.15, 0.2) is 24.3 Å². The number of hydrogen-bond acceptors (Lipinski definition) is 2. The lowest BCUT2D eigenvalue weighted by atomic mass is 9.87. The third kappa shape index (κ3) is 5.50. The molecule has 0 aromatic heterocycles. The van der Waals surface area contributed by atoms with Crippen LogP contribution >= 0.6 is 0 Å². The molecule has 0 aliphatic rings. The monoisotopic (exact) mass is 290 g/mol. The fraction of sp³-hybridized carbons (Fsp3) is 0.611. The lowest BCUT2D eigenvalue weighted by molar-refractivity contribution is -0.132. The van der Waals surface area contributed by atoms with Crippen LogP contribution in [-0.4, -0.2) is 23.9 Å². The van der Waals surface area contributed by atoms with Crippen molar-refractivity contribution in [3.05, 3.63) is 35.4 Å². The first kappa shape index (κ1) is 17.7. The summed E-state index contributed by atoms with van der Waals surface area (Å²) < 4.78 is 0. The molecule has 1 amide bonds. The molecule has 1 unspecified atom stereocenters. The maximum Gasteiger partial charge on any atom is 0.239 e. The van der Waals surface area contributed by atoms with Gasteiger partial charge in [-0.3, -0.25) is 4.79 Å². The Morgan fingerprint density at radius 2 is 1.81 bits per heavy atom. The number of carbonyl (C=O) groups is 1. The molecule has 3 nitrogen and oxygen atoms in total. The zero-order chi connectivity index (χ0) is 16.0. The number of carbonyl (C=O) groups excluding carboxylic acids is 1. The van der Waals surface area contributed by atoms with Gasteiger partial charge in [-0.05, 0) is 23.0 Å². The van der Waals surface area contributed by atoms with Gasteiger partial charge in [-0.15, -0.1) is 0 Å². The second-order valence-corrected chi connectivity index (χ2v) is 6.89. The number of hydrogen-bond donors (Lipinski definition) is 1. The summed E-state index contributed by atoms with van der Waals surface area (Å²) >= 11 is 0. The summed E-state index contributed by atoms with van der Waals surface area (Å²) in [6, 6.07) is 8.11. The van der Waals surface area contributed by atoms with E-state index in [1.54, 1.807) is 4.90 Å². The molecule has 1 aromatic rings. The van der Waals surface area contributed by atoms with Gasteiger partial charge in [0, 0.05) is 13.6 Å². The van der Waals surface area contributed by atoms with Crippen molar-refractivity contribution in [2.24, 2.45) is 5.73 Å². The van der Waals surface area contributed by atoms with Gasteiger partial charge in [-0.25, -0.2) is 0 Å². The minimum Gasteiger partial charge on any atom is -0.340 e. The van der Waals surface area contributed by atoms with Gasteiger partial charge in [0.25, 0.3) is 0 Å². The Balaban J connectivity index is 2.62. The van der Waals surface area contributed by atoms with Gasteiger partial charge in [0.2, 0.25) is 5.91 Å². The van der Waals surface area contributed by atoms with E-state index in [0.29, 0.717) is 6.54 Å². The van der Waals surface area contributed by atoms with Crippen molar-refractivity contribution in [2.45, 2.75) is 65.0 Å². The van der Waals surface area contributed by atoms with Crippen LogP contribution in [0.25, 0.3) is 0 Å². The van der Waals surface area contributed by atoms with Crippen LogP contribution in [0.2, 0.25) is 0 Å². The van der Waals surface area contributed by atoms with Crippen molar-refractivity contribution in [3.63, 3.8) is 0 Å². The molecule has 118 valence electrons. The number of nitrogens with zero attached hydrogens (tertiary/aromatic N) is 1. The van der Waals surface area contributed by atoms with Crippen LogP contribution in [0, 0.1) is 0 Å². The molecule has 0 heterocycles. The lowest BCUT2D eigenvalue weighted by Crippen LogP contribution is -2.41. The van der Waals surface area contributed by atoms with Crippen LogP contribution < -0.4 is 5.73 Å². The van der Waals surface area contributed by atoms with Gasteiger partial charge >= 0.3 is 0 Å². The molecule has 0 radical (unpaired) electrons. The average molecular weight is 290 g/mol. The van der Waals surface area contributed by atoms with Gasteiger partial charge in [0.15, 0.2) is 0 Å². The van der Waals surface area contributed by atoms with E-state index < -0.39 is 0 Å². The van der Waals surface area contributed by atoms with Gasteiger partial charge in [-0.2, -0.15) is 0 Å². The molecule has 1 aromatic carbocycles. The molecule has 0 saturated carbocycles. The predicted octanol–water partition coefficient (Wildman–Crippen LogP) is 3.46. The van der Waals surface area contributed by atoms with E-state index >= 15 is 0 Å². The molecule has 0 aliphatic heterocycles. The lowest BCUT2D eigenvalue weighted by Gasteiger charge is -2.23. The highest BCUT2D eigenvalue weighted by molar-refractivity contribution is 5.81. The first-order valence-corrected chi connectivity index (χ1v) is 7.85. The predicted molar refractivity (Wildman–Crippen MR) is 89.1 cm³/mol. The van der Waals surface area contributed by atoms with Crippen LogP contribution in [0.5, 0.6) is 0 Å². The number of likely N-dealkylation sites (N-methyl/N-ethyl adjacent to an activating group) is 1. The van der Waals surface area contributed by atoms with Crippen LogP contribution in [0.3, 0.4) is 0 Å². The van der Waals surface area contributed by atoms with Gasteiger partial charge < -0.3 is 10.6 Å². The number of rotatable bonds is 6. The number of nitrogens with two attached hydrogens (primary N) is 1. The van der Waals surface area contributed by atoms with E-state index in [2.05, 4.69) is 52.0 Å². The largest absolute Gasteiger partial charge is 0.340 e. The Kier molecular flexibility index (Phi) is 6.41. The highest BCUT2D eigenvalue weighted by Crippen LogP contribution is 2.22. The van der Waals surface area contributed by atoms with E-state index in [0.717, 1.165) is 24.8 Å². The SMILES string of the molecule is CCCCC(N)C(=O)N(C)Cc1ccc(C(C)(C)C)cc1. The molecule has 0 spiro atoms. The Bertz CT molecular complexity index is 445. The van der Waals surface area contributed by atoms with Crippen LogP contribution in [-0.2, 0) is 16.8 Å². The van der Waals surface area contributed by atoms with Crippen molar-refractivity contribution < 1.29 is 4.79 Å². The highest BCUT2D eigenvalue weighted by Gasteiger charge is 2.18. The van der Waals surface area contributed by atoms with E-state index in [-0.39, 0.29) is 17.4 Å². The molecule has 1 atom stereocenters. The van der Waals surface area contributed by atoms with Gasteiger partial charge in [0.1, 0.15) is 0 Å². The molecular weight excluding hydrogens is 260 g/mol. The van der Waals surface area contributed by atoms with Gasteiger partial charge in [-0.1, -0.05) is 64.8 Å². The van der Waals surface area contributed by atoms with Crippen LogP contribution in [0.1, 0.15) is 58.1 Å². The quantitative estimate of drug-likeness (QED) is 0.872. The maximum atomic E-state index is 12.2. The fourth-order valence-electron chi connectivity index (χ4n) is 2.29. The molecule has 0 bridgehead atoms. The fourth-order valence-corrected chi connectivity index (χ4v) is 2.29. The normalized spacial score (nSPS) is 13.0. The summed E-state index contributed by atoms with van der Waals surface area (Å²) in [7, 11) is 1.83. The van der Waals surface area contributed by atoms with Crippen molar-refractivity contribution in [1.82, 2.24) is 4.90 Å². The minimum absolute atomic E-state index is 0.0309. The maximum absolute atomic E-state index is 12.2. The first-order chi connectivity index (χ1) is 9.75. The van der Waals surface area contributed by atoms with Crippen molar-refractivity contribution >= 4 is 5.91 Å². The van der Waals surface area contributed by atoms with Crippen LogP contribution in [0.4, 0.5) is 0 Å². The highest BCUT2D eigenvalue weighted by atomic mass is 16.2. The van der Waals surface area contributed by atoms with Crippen molar-refractivity contribution in [2.75, 3.05) is 7.05 Å². The Labute approximate surface area is 129 Å². The number of unbranched alkanes of at least 4 members (excludes halogenated alkanes) is 1. The summed E-state index contributed by atoms with van der Waals surface area (Å²) in [6.45, 7) is 9.32. The standard InChI is InChI=1S/C18H30N2O/c1-6-7-8-16(19)17(21)20(5)13-14-9-11-15(12-10-14)18(2,3)4/h9-12,16H,6-8,13,19H2,1-5H3. The Morgan fingerprint density at radius 1 is 1.24 bits per heavy atom. The van der Waals surface area contributed by atoms with Gasteiger partial charge in [0.05, 0.1) is 6.04 Å². The third-order valence-corrected chi connectivity index (χ3v) is 3.80. The molecule has 21 heavy (non-hydrogen) atoms. The second kappa shape index (κ2) is 7.60. The zero-order valence-electron chi connectivity index (χ0n) is 14.1. The summed E-state index contributed by atoms with van der Waals surface area (Å²) in [6.07, 6.45) is 2.84. The molecule has 3 heteroatoms. The third-order valence-electron chi connectivity index (χ3n) is 3.80. The Hall–Kier alpha value is -1.35. The molecular formula is C18H30N2O. The molecule has 1 rings (SSSR count). The molecule has 0 fully saturated rings. The summed E-state index contributed by atoms with van der Waals surface area (Å²) in [5, 5.41) is 0. The zero-order valence-corrected chi connectivity index (χ0v) is 14.1. The molecule has 0 aliphatic carbocycles. The minimum atomic E-state index is -0.371. The smallest absolute Gasteiger partial charge is 0.239 e. The summed E-state index contributed by atoms with van der Waals surface area (Å²) in [4.78, 5) is 13.9. The van der Waals surface area contributed by atoms with Crippen molar-refractivity contribution in [1.29, 1.82) is 0 Å². The number of benzene rings is 1. The number of amides is 1. The van der Waals surface area contributed by atoms with E-state index in [9.17, 15) is 4.79 Å². The second-order valence-electron chi connectivity index (χ2n) is 6.89. The first-order valence-electron chi connectivity index (χ1n) is 7.85. The average Bonchev–Trinajstić information content (AvgIpc) is 2.43.